The number of rotatable bonds is 9. The predicted octanol–water partition coefficient (Wildman–Crippen LogP) is 2.01. The summed E-state index contributed by atoms with van der Waals surface area (Å²) in [6.45, 7) is 0. The summed E-state index contributed by atoms with van der Waals surface area (Å²) in [4.78, 5) is 36.6. The zero-order valence-electron chi connectivity index (χ0n) is 18.9. The molecular weight excluding hydrogens is 480 g/mol. The van der Waals surface area contributed by atoms with Crippen molar-refractivity contribution in [3.05, 3.63) is 29.3 Å². The van der Waals surface area contributed by atoms with Crippen LogP contribution in [0.4, 0.5) is 0 Å². The SMILES string of the molecule is NC(=O)CCC(NS(=O)(=O)c1ccc(Cl)cc1)C(=O)NNC(=O)CC12CC3CC(CC(C3)C1)C2. The van der Waals surface area contributed by atoms with E-state index in [1.165, 1.54) is 43.5 Å². The van der Waals surface area contributed by atoms with E-state index >= 15 is 0 Å². The Morgan fingerprint density at radius 2 is 1.56 bits per heavy atom. The molecule has 4 saturated carbocycles. The standard InChI is InChI=1S/C23H31ClN4O5S/c24-17-1-3-18(4-2-17)34(32,33)28-19(5-6-20(25)29)22(31)27-26-21(30)13-23-10-14-7-15(11-23)9-16(8-14)12-23/h1-4,14-16,19,28H,5-13H2,(H2,25,29)(H,26,30)(H,27,31). The molecule has 34 heavy (non-hydrogen) atoms. The molecule has 0 heterocycles. The fourth-order valence-electron chi connectivity index (χ4n) is 6.51. The highest BCUT2D eigenvalue weighted by molar-refractivity contribution is 7.89. The summed E-state index contributed by atoms with van der Waals surface area (Å²) in [5.41, 5.74) is 9.98. The minimum absolute atomic E-state index is 0.00506. The molecule has 1 aromatic rings. The molecule has 0 spiro atoms. The first-order valence-corrected chi connectivity index (χ1v) is 13.5. The third-order valence-corrected chi connectivity index (χ3v) is 9.18. The van der Waals surface area contributed by atoms with E-state index in [0.717, 1.165) is 19.3 Å². The van der Waals surface area contributed by atoms with Gasteiger partial charge in [0, 0.05) is 17.9 Å². The molecule has 4 aliphatic rings. The lowest BCUT2D eigenvalue weighted by Crippen LogP contribution is -2.54. The van der Waals surface area contributed by atoms with Gasteiger partial charge in [0.05, 0.1) is 4.90 Å². The molecule has 5 rings (SSSR count). The molecule has 11 heteroatoms. The van der Waals surface area contributed by atoms with Crippen molar-refractivity contribution < 1.29 is 22.8 Å². The molecule has 1 unspecified atom stereocenters. The third kappa shape index (κ3) is 5.90. The molecule has 186 valence electrons. The second-order valence-electron chi connectivity index (χ2n) is 10.3. The first-order valence-electron chi connectivity index (χ1n) is 11.7. The highest BCUT2D eigenvalue weighted by atomic mass is 35.5. The normalized spacial score (nSPS) is 28.3. The lowest BCUT2D eigenvalue weighted by Gasteiger charge is -2.56. The first-order chi connectivity index (χ1) is 16.0. The van der Waals surface area contributed by atoms with Crippen LogP contribution in [-0.2, 0) is 24.4 Å². The maximum atomic E-state index is 12.8. The van der Waals surface area contributed by atoms with Crippen molar-refractivity contribution >= 4 is 39.3 Å². The summed E-state index contributed by atoms with van der Waals surface area (Å²) in [6, 6.07) is 4.15. The van der Waals surface area contributed by atoms with Crippen molar-refractivity contribution in [2.24, 2.45) is 28.9 Å². The Morgan fingerprint density at radius 1 is 1.00 bits per heavy atom. The highest BCUT2D eigenvalue weighted by Gasteiger charge is 2.51. The summed E-state index contributed by atoms with van der Waals surface area (Å²) < 4.78 is 27.7. The molecule has 5 N–H and O–H groups in total. The van der Waals surface area contributed by atoms with Gasteiger partial charge in [0.25, 0.3) is 5.91 Å². The van der Waals surface area contributed by atoms with E-state index in [0.29, 0.717) is 29.2 Å². The molecule has 3 amide bonds. The van der Waals surface area contributed by atoms with Gasteiger partial charge in [-0.2, -0.15) is 4.72 Å². The van der Waals surface area contributed by atoms with Gasteiger partial charge in [-0.15, -0.1) is 0 Å². The predicted molar refractivity (Wildman–Crippen MR) is 125 cm³/mol. The minimum Gasteiger partial charge on any atom is -0.370 e. The molecule has 4 aliphatic carbocycles. The number of halogens is 1. The fraction of sp³-hybridized carbons (Fsp3) is 0.609. The van der Waals surface area contributed by atoms with E-state index in [1.54, 1.807) is 0 Å². The number of carbonyl (C=O) groups excluding carboxylic acids is 3. The van der Waals surface area contributed by atoms with Gasteiger partial charge in [0.2, 0.25) is 21.8 Å². The Morgan fingerprint density at radius 3 is 2.09 bits per heavy atom. The number of hydrogen-bond acceptors (Lipinski definition) is 5. The maximum Gasteiger partial charge on any atom is 0.256 e. The monoisotopic (exact) mass is 510 g/mol. The van der Waals surface area contributed by atoms with Gasteiger partial charge < -0.3 is 5.73 Å². The number of hydrazine groups is 1. The summed E-state index contributed by atoms with van der Waals surface area (Å²) >= 11 is 5.81. The van der Waals surface area contributed by atoms with Crippen LogP contribution in [0.25, 0.3) is 0 Å². The second-order valence-corrected chi connectivity index (χ2v) is 12.4. The molecule has 0 radical (unpaired) electrons. The quantitative estimate of drug-likeness (QED) is 0.375. The number of primary amides is 1. The topological polar surface area (TPSA) is 147 Å². The molecule has 9 nitrogen and oxygen atoms in total. The van der Waals surface area contributed by atoms with Gasteiger partial charge in [-0.1, -0.05) is 11.6 Å². The number of sulfonamides is 1. The molecule has 4 bridgehead atoms. The van der Waals surface area contributed by atoms with E-state index in [1.807, 2.05) is 0 Å². The van der Waals surface area contributed by atoms with E-state index in [-0.39, 0.29) is 29.1 Å². The third-order valence-electron chi connectivity index (χ3n) is 7.44. The maximum absolute atomic E-state index is 12.8. The number of amides is 3. The molecule has 0 aromatic heterocycles. The molecule has 0 saturated heterocycles. The molecule has 0 aliphatic heterocycles. The Labute approximate surface area is 204 Å². The lowest BCUT2D eigenvalue weighted by atomic mass is 9.49. The summed E-state index contributed by atoms with van der Waals surface area (Å²) in [5, 5.41) is 0.365. The van der Waals surface area contributed by atoms with E-state index in [9.17, 15) is 22.8 Å². The number of benzene rings is 1. The van der Waals surface area contributed by atoms with E-state index < -0.39 is 27.9 Å². The van der Waals surface area contributed by atoms with Crippen molar-refractivity contribution in [3.63, 3.8) is 0 Å². The van der Waals surface area contributed by atoms with Crippen molar-refractivity contribution in [3.8, 4) is 0 Å². The average molecular weight is 511 g/mol. The van der Waals surface area contributed by atoms with Crippen LogP contribution in [0.15, 0.2) is 29.2 Å². The molecule has 1 aromatic carbocycles. The Kier molecular flexibility index (Phi) is 7.21. The van der Waals surface area contributed by atoms with Gasteiger partial charge in [0.1, 0.15) is 6.04 Å². The average Bonchev–Trinajstić information content (AvgIpc) is 2.74. The van der Waals surface area contributed by atoms with Crippen LogP contribution in [0, 0.1) is 23.2 Å². The van der Waals surface area contributed by atoms with Crippen LogP contribution in [0.1, 0.15) is 57.8 Å². The fourth-order valence-corrected chi connectivity index (χ4v) is 7.86. The van der Waals surface area contributed by atoms with Gasteiger partial charge in [-0.05, 0) is 92.4 Å². The smallest absolute Gasteiger partial charge is 0.256 e. The highest BCUT2D eigenvalue weighted by Crippen LogP contribution is 2.61. The zero-order chi connectivity index (χ0) is 24.5. The largest absolute Gasteiger partial charge is 0.370 e. The van der Waals surface area contributed by atoms with Gasteiger partial charge >= 0.3 is 0 Å². The summed E-state index contributed by atoms with van der Waals surface area (Å²) in [6.07, 6.45) is 6.97. The Balaban J connectivity index is 1.36. The van der Waals surface area contributed by atoms with Crippen LogP contribution in [0.3, 0.4) is 0 Å². The van der Waals surface area contributed by atoms with Crippen LogP contribution in [-0.4, -0.2) is 32.2 Å². The van der Waals surface area contributed by atoms with Crippen molar-refractivity contribution in [2.45, 2.75) is 68.7 Å². The van der Waals surface area contributed by atoms with Crippen LogP contribution in [0.2, 0.25) is 5.02 Å². The van der Waals surface area contributed by atoms with E-state index in [4.69, 9.17) is 17.3 Å². The zero-order valence-corrected chi connectivity index (χ0v) is 20.5. The second kappa shape index (κ2) is 9.83. The number of nitrogens with one attached hydrogen (secondary N) is 3. The number of carbonyl (C=O) groups is 3. The van der Waals surface area contributed by atoms with Crippen LogP contribution >= 0.6 is 11.6 Å². The first kappa shape index (κ1) is 24.9. The lowest BCUT2D eigenvalue weighted by molar-refractivity contribution is -0.134. The Bertz CT molecular complexity index is 1020. The van der Waals surface area contributed by atoms with Crippen molar-refractivity contribution in [2.75, 3.05) is 0 Å². The van der Waals surface area contributed by atoms with Crippen molar-refractivity contribution in [1.29, 1.82) is 0 Å². The number of hydrogen-bond donors (Lipinski definition) is 4. The van der Waals surface area contributed by atoms with Crippen LogP contribution < -0.4 is 21.3 Å². The van der Waals surface area contributed by atoms with Crippen LogP contribution in [0.5, 0.6) is 0 Å². The molecule has 1 atom stereocenters. The molecular formula is C23H31ClN4O5S. The molecule has 4 fully saturated rings. The van der Waals surface area contributed by atoms with E-state index in [2.05, 4.69) is 15.6 Å². The Hall–Kier alpha value is -2.17. The van der Waals surface area contributed by atoms with Gasteiger partial charge in [0.15, 0.2) is 0 Å². The summed E-state index contributed by atoms with van der Waals surface area (Å²) in [5.74, 6) is 0.383. The minimum atomic E-state index is -4.08. The van der Waals surface area contributed by atoms with Crippen molar-refractivity contribution in [1.82, 2.24) is 15.6 Å². The number of nitrogens with two attached hydrogens (primary N) is 1. The van der Waals surface area contributed by atoms with Gasteiger partial charge in [-0.3, -0.25) is 25.2 Å². The summed E-state index contributed by atoms with van der Waals surface area (Å²) in [7, 11) is -4.08. The van der Waals surface area contributed by atoms with Gasteiger partial charge in [-0.25, -0.2) is 8.42 Å².